The molecule has 8 rings (SSSR count). The van der Waals surface area contributed by atoms with Crippen molar-refractivity contribution in [3.05, 3.63) is 230 Å². The molecule has 0 fully saturated rings. The molecule has 4 heteroatoms. The van der Waals surface area contributed by atoms with E-state index in [1.807, 2.05) is 84.9 Å². The van der Waals surface area contributed by atoms with Crippen LogP contribution in [-0.2, 0) is 44.8 Å². The van der Waals surface area contributed by atoms with Gasteiger partial charge in [-0.3, -0.25) is 11.8 Å². The van der Waals surface area contributed by atoms with Crippen LogP contribution in [-0.4, -0.2) is 5.90 Å². The Bertz CT molecular complexity index is 2110. The van der Waals surface area contributed by atoms with E-state index in [1.165, 1.54) is 27.1 Å². The molecule has 0 amide bonds. The van der Waals surface area contributed by atoms with Crippen molar-refractivity contribution < 1.29 is 44.8 Å². The van der Waals surface area contributed by atoms with Crippen LogP contribution in [0.4, 0.5) is 0 Å². The molecule has 0 nitrogen and oxygen atoms in total. The molecule has 0 aliphatic heterocycles. The third kappa shape index (κ3) is 11.4. The van der Waals surface area contributed by atoms with Gasteiger partial charge in [-0.05, 0) is 59.3 Å². The minimum Gasteiger partial charge on any atom is -0.366 e. The zero-order valence-electron chi connectivity index (χ0n) is 28.9. The van der Waals surface area contributed by atoms with Crippen molar-refractivity contribution in [1.82, 2.24) is 0 Å². The Balaban J connectivity index is 0.000000200. The number of benzene rings is 8. The number of fused-ring (bicyclic) bond motifs is 2. The van der Waals surface area contributed by atoms with E-state index in [0.29, 0.717) is 0 Å². The van der Waals surface area contributed by atoms with Crippen molar-refractivity contribution in [2.75, 3.05) is 5.90 Å². The topological polar surface area (TPSA) is 0 Å². The van der Waals surface area contributed by atoms with Crippen molar-refractivity contribution in [2.45, 2.75) is 0 Å². The van der Waals surface area contributed by atoms with Crippen molar-refractivity contribution >= 4 is 58.6 Å². The van der Waals surface area contributed by atoms with E-state index in [0.717, 1.165) is 32.7 Å². The molecule has 0 saturated carbocycles. The summed E-state index contributed by atoms with van der Waals surface area (Å²) in [5, 5.41) is 10.5. The molecule has 0 aromatic heterocycles. The summed E-state index contributed by atoms with van der Waals surface area (Å²) in [5.41, 5.74) is 1.71. The second kappa shape index (κ2) is 22.1. The van der Waals surface area contributed by atoms with E-state index in [9.17, 15) is 0 Å². The van der Waals surface area contributed by atoms with Crippen LogP contribution in [0.2, 0.25) is 0 Å². The van der Waals surface area contributed by atoms with E-state index < -0.39 is 15.8 Å². The predicted octanol–water partition coefficient (Wildman–Crippen LogP) is 10.2. The molecule has 53 heavy (non-hydrogen) atoms. The summed E-state index contributed by atoms with van der Waals surface area (Å²) in [6.07, 6.45) is 14.2. The molecule has 0 unspecified atom stereocenters. The first kappa shape index (κ1) is 41.5. The van der Waals surface area contributed by atoms with Gasteiger partial charge in [0, 0.05) is 0 Å². The van der Waals surface area contributed by atoms with Gasteiger partial charge in [-0.2, -0.15) is 0 Å². The summed E-state index contributed by atoms with van der Waals surface area (Å²) in [7, 11) is -1.69. The van der Waals surface area contributed by atoms with E-state index >= 15 is 0 Å². The Hall–Kier alpha value is -4.26. The Kier molecular flexibility index (Phi) is 17.3. The Labute approximate surface area is 348 Å². The standard InChI is InChI=1S/C25H22P2.2C12H7.Ag.Au/c1-5-13-22(14-6-1)26(23-15-7-2-8-16-23)21-27(24-17-9-3-10-18-24)25-19-11-4-12-20-25;2*1-2-10-7-5-8-11-6-3-4-9-12(10)11;;/h1-20H,21H2;2*3-9H;;/q;2*-1;2*+1/p+2. The monoisotopic (exact) mass is 992 g/mol. The molecule has 0 radical (unpaired) electrons. The summed E-state index contributed by atoms with van der Waals surface area (Å²) in [6.45, 7) is 0. The Morgan fingerprint density at radius 2 is 0.604 bits per heavy atom. The third-order valence-corrected chi connectivity index (χ3v) is 15.6. The molecule has 0 atom stereocenters. The van der Waals surface area contributed by atoms with Crippen LogP contribution in [0.15, 0.2) is 206 Å². The minimum absolute atomic E-state index is 0. The first-order chi connectivity index (χ1) is 25.2. The van der Waals surface area contributed by atoms with Gasteiger partial charge in [0.15, 0.2) is 5.90 Å². The molecule has 8 aromatic carbocycles. The second-order valence-corrected chi connectivity index (χ2v) is 17.5. The van der Waals surface area contributed by atoms with Crippen molar-refractivity contribution in [2.24, 2.45) is 0 Å². The first-order valence-electron chi connectivity index (χ1n) is 17.0. The Morgan fingerprint density at radius 1 is 0.340 bits per heavy atom. The van der Waals surface area contributed by atoms with Gasteiger partial charge < -0.3 is 12.8 Å². The SMILES string of the molecule is [Ag+].[Au+].[C-]#Cc1cccc2ccccc12.[C-]#Cc1cccc2ccccc12.c1ccc([PH+](C[PH+](c2ccccc2)c2ccccc2)c2ccccc2)cc1. The summed E-state index contributed by atoms with van der Waals surface area (Å²) in [5.74, 6) is 6.09. The van der Waals surface area contributed by atoms with Crippen LogP contribution in [0.5, 0.6) is 0 Å². The van der Waals surface area contributed by atoms with Crippen LogP contribution in [0.1, 0.15) is 11.1 Å². The quantitative estimate of drug-likeness (QED) is 0.0674. The van der Waals surface area contributed by atoms with Crippen molar-refractivity contribution in [3.8, 4) is 11.8 Å². The zero-order valence-corrected chi connectivity index (χ0v) is 34.6. The van der Waals surface area contributed by atoms with E-state index in [-0.39, 0.29) is 44.8 Å². The molecular formula is C49H38AgAuP2+2. The average molecular weight is 994 g/mol. The maximum atomic E-state index is 7.08. The first-order valence-corrected chi connectivity index (χ1v) is 20.4. The zero-order chi connectivity index (χ0) is 35.1. The molecule has 264 valence electrons. The van der Waals surface area contributed by atoms with Crippen LogP contribution < -0.4 is 21.2 Å². The Morgan fingerprint density at radius 3 is 0.906 bits per heavy atom. The molecule has 0 saturated heterocycles. The van der Waals surface area contributed by atoms with Gasteiger partial charge in [0.1, 0.15) is 37.1 Å². The largest absolute Gasteiger partial charge is 1.00 e. The molecule has 8 aromatic rings. The second-order valence-electron chi connectivity index (χ2n) is 11.9. The van der Waals surface area contributed by atoms with Crippen LogP contribution in [0.3, 0.4) is 0 Å². The van der Waals surface area contributed by atoms with Gasteiger partial charge in [0.05, 0.1) is 0 Å². The van der Waals surface area contributed by atoms with Gasteiger partial charge in [-0.15, -0.1) is 23.3 Å². The molecule has 0 spiro atoms. The van der Waals surface area contributed by atoms with E-state index in [2.05, 4.69) is 133 Å². The van der Waals surface area contributed by atoms with E-state index in [1.54, 1.807) is 0 Å². The molecule has 0 aliphatic carbocycles. The van der Waals surface area contributed by atoms with Crippen LogP contribution in [0, 0.1) is 24.7 Å². The number of rotatable bonds is 6. The van der Waals surface area contributed by atoms with Gasteiger partial charge in [-0.1, -0.05) is 156 Å². The molecular weight excluding hydrogens is 955 g/mol. The fraction of sp³-hybridized carbons (Fsp3) is 0.0204. The fourth-order valence-electron chi connectivity index (χ4n) is 6.14. The third-order valence-electron chi connectivity index (χ3n) is 8.69. The molecule has 0 N–H and O–H groups in total. The number of hydrogen-bond donors (Lipinski definition) is 0. The average Bonchev–Trinajstić information content (AvgIpc) is 3.22. The molecule has 0 heterocycles. The van der Waals surface area contributed by atoms with Crippen molar-refractivity contribution in [1.29, 1.82) is 0 Å². The van der Waals surface area contributed by atoms with Gasteiger partial charge in [0.2, 0.25) is 0 Å². The fourth-order valence-corrected chi connectivity index (χ4v) is 13.9. The van der Waals surface area contributed by atoms with Crippen LogP contribution >= 0.6 is 15.8 Å². The van der Waals surface area contributed by atoms with Gasteiger partial charge in [0.25, 0.3) is 0 Å². The van der Waals surface area contributed by atoms with E-state index in [4.69, 9.17) is 12.8 Å². The van der Waals surface area contributed by atoms with Gasteiger partial charge >= 0.3 is 44.8 Å². The maximum absolute atomic E-state index is 7.08. The minimum atomic E-state index is -0.847. The summed E-state index contributed by atoms with van der Waals surface area (Å²) in [6, 6.07) is 72.2. The summed E-state index contributed by atoms with van der Waals surface area (Å²) < 4.78 is 0. The molecule has 0 aliphatic rings. The summed E-state index contributed by atoms with van der Waals surface area (Å²) >= 11 is 0. The number of hydrogen-bond acceptors (Lipinski definition) is 0. The predicted molar refractivity (Wildman–Crippen MR) is 226 cm³/mol. The smallest absolute Gasteiger partial charge is 0.366 e. The summed E-state index contributed by atoms with van der Waals surface area (Å²) in [4.78, 5) is 0. The maximum Gasteiger partial charge on any atom is 1.00 e. The molecule has 0 bridgehead atoms. The van der Waals surface area contributed by atoms with Crippen molar-refractivity contribution in [3.63, 3.8) is 0 Å². The van der Waals surface area contributed by atoms with Crippen LogP contribution in [0.25, 0.3) is 21.5 Å². The van der Waals surface area contributed by atoms with Gasteiger partial charge in [-0.25, -0.2) is 0 Å². The normalized spacial score (nSPS) is 9.96.